The number of aliphatic hydroxyl groups is 1. The number of hydrogen-bond donors (Lipinski definition) is 1. The molecule has 0 aliphatic carbocycles. The van der Waals surface area contributed by atoms with Crippen molar-refractivity contribution in [2.45, 2.75) is 39.1 Å². The molecule has 1 atom stereocenters. The van der Waals surface area contributed by atoms with Crippen molar-refractivity contribution in [3.05, 3.63) is 18.2 Å². The Morgan fingerprint density at radius 1 is 1.47 bits per heavy atom. The number of ether oxygens (including phenoxy) is 1. The van der Waals surface area contributed by atoms with Gasteiger partial charge in [0.15, 0.2) is 0 Å². The maximum absolute atomic E-state index is 9.86. The summed E-state index contributed by atoms with van der Waals surface area (Å²) in [5.41, 5.74) is 0. The molecule has 0 saturated carbocycles. The van der Waals surface area contributed by atoms with E-state index in [1.807, 2.05) is 26.2 Å². The van der Waals surface area contributed by atoms with Gasteiger partial charge in [0, 0.05) is 32.0 Å². The minimum absolute atomic E-state index is 0.171. The maximum Gasteiger partial charge on any atom is 0.122 e. The molecule has 1 N–H and O–H groups in total. The average molecular weight is 239 g/mol. The molecule has 5 nitrogen and oxygen atoms in total. The molecule has 1 aromatic heterocycles. The number of aliphatic hydroxyl groups excluding tert-OH is 1. The number of hydrogen-bond acceptors (Lipinski definition) is 4. The van der Waals surface area contributed by atoms with Crippen molar-refractivity contribution in [2.75, 3.05) is 19.7 Å². The van der Waals surface area contributed by atoms with Gasteiger partial charge in [-0.25, -0.2) is 4.98 Å². The Labute approximate surface area is 102 Å². The number of imidazole rings is 1. The highest BCUT2D eigenvalue weighted by molar-refractivity contribution is 4.95. The molecule has 2 heterocycles. The van der Waals surface area contributed by atoms with Crippen LogP contribution in [0.25, 0.3) is 0 Å². The van der Waals surface area contributed by atoms with Gasteiger partial charge in [0.1, 0.15) is 5.82 Å². The van der Waals surface area contributed by atoms with E-state index in [9.17, 15) is 5.11 Å². The van der Waals surface area contributed by atoms with Gasteiger partial charge in [-0.2, -0.15) is 0 Å². The SMILES string of the molecule is CC(C)OCC(O)CN1CCn2ccnc2C1. The molecule has 0 amide bonds. The molecule has 1 unspecified atom stereocenters. The van der Waals surface area contributed by atoms with Crippen molar-refractivity contribution in [1.29, 1.82) is 0 Å². The highest BCUT2D eigenvalue weighted by Gasteiger charge is 2.19. The standard InChI is InChI=1S/C12H21N3O2/c1-10(2)17-9-11(16)7-14-5-6-15-4-3-13-12(15)8-14/h3-4,10-11,16H,5-9H2,1-2H3. The molecule has 5 heteroatoms. The molecule has 17 heavy (non-hydrogen) atoms. The van der Waals surface area contributed by atoms with E-state index < -0.39 is 6.10 Å². The zero-order valence-corrected chi connectivity index (χ0v) is 10.5. The van der Waals surface area contributed by atoms with E-state index >= 15 is 0 Å². The Bertz CT molecular complexity index is 351. The second kappa shape index (κ2) is 5.62. The Hall–Kier alpha value is -0.910. The lowest BCUT2D eigenvalue weighted by Gasteiger charge is -2.29. The Balaban J connectivity index is 1.77. The van der Waals surface area contributed by atoms with Crippen LogP contribution >= 0.6 is 0 Å². The Morgan fingerprint density at radius 2 is 2.29 bits per heavy atom. The third-order valence-electron chi connectivity index (χ3n) is 2.91. The molecule has 0 aromatic carbocycles. The van der Waals surface area contributed by atoms with Crippen LogP contribution in [0.4, 0.5) is 0 Å². The van der Waals surface area contributed by atoms with Crippen LogP contribution in [-0.4, -0.2) is 51.5 Å². The van der Waals surface area contributed by atoms with E-state index in [0.29, 0.717) is 13.2 Å². The maximum atomic E-state index is 9.86. The zero-order valence-electron chi connectivity index (χ0n) is 10.5. The van der Waals surface area contributed by atoms with Gasteiger partial charge in [0.2, 0.25) is 0 Å². The van der Waals surface area contributed by atoms with Gasteiger partial charge < -0.3 is 14.4 Å². The predicted molar refractivity (Wildman–Crippen MR) is 64.6 cm³/mol. The lowest BCUT2D eigenvalue weighted by atomic mass is 10.3. The fourth-order valence-electron chi connectivity index (χ4n) is 2.03. The van der Waals surface area contributed by atoms with Crippen LogP contribution in [-0.2, 0) is 17.8 Å². The van der Waals surface area contributed by atoms with Gasteiger partial charge in [-0.15, -0.1) is 0 Å². The molecule has 1 aromatic rings. The molecule has 96 valence electrons. The first kappa shape index (κ1) is 12.5. The monoisotopic (exact) mass is 239 g/mol. The van der Waals surface area contributed by atoms with E-state index in [-0.39, 0.29) is 6.10 Å². The van der Waals surface area contributed by atoms with E-state index in [1.54, 1.807) is 0 Å². The van der Waals surface area contributed by atoms with Crippen molar-refractivity contribution < 1.29 is 9.84 Å². The first-order chi connectivity index (χ1) is 8.15. The molecule has 1 aliphatic rings. The quantitative estimate of drug-likeness (QED) is 0.812. The van der Waals surface area contributed by atoms with Crippen molar-refractivity contribution in [3.8, 4) is 0 Å². The number of fused-ring (bicyclic) bond motifs is 1. The van der Waals surface area contributed by atoms with Gasteiger partial charge in [0.25, 0.3) is 0 Å². The van der Waals surface area contributed by atoms with E-state index in [0.717, 1.165) is 25.5 Å². The van der Waals surface area contributed by atoms with Gasteiger partial charge in [0.05, 0.1) is 25.4 Å². The Morgan fingerprint density at radius 3 is 3.06 bits per heavy atom. The number of β-amino-alcohol motifs (C(OH)–C–C–N with tert-alkyl or cyclic N) is 1. The first-order valence-corrected chi connectivity index (χ1v) is 6.17. The van der Waals surface area contributed by atoms with Gasteiger partial charge >= 0.3 is 0 Å². The van der Waals surface area contributed by atoms with Crippen molar-refractivity contribution in [2.24, 2.45) is 0 Å². The molecular formula is C12H21N3O2. The number of nitrogens with zero attached hydrogens (tertiary/aromatic N) is 3. The molecule has 0 fully saturated rings. The molecule has 1 aliphatic heterocycles. The van der Waals surface area contributed by atoms with E-state index in [1.165, 1.54) is 0 Å². The summed E-state index contributed by atoms with van der Waals surface area (Å²) in [5, 5.41) is 9.86. The smallest absolute Gasteiger partial charge is 0.122 e. The summed E-state index contributed by atoms with van der Waals surface area (Å²) in [6, 6.07) is 0. The second-order valence-electron chi connectivity index (χ2n) is 4.81. The van der Waals surface area contributed by atoms with E-state index in [4.69, 9.17) is 4.74 Å². The van der Waals surface area contributed by atoms with Gasteiger partial charge in [-0.05, 0) is 13.8 Å². The van der Waals surface area contributed by atoms with Crippen LogP contribution in [0.2, 0.25) is 0 Å². The van der Waals surface area contributed by atoms with Crippen molar-refractivity contribution >= 4 is 0 Å². The molecule has 0 radical (unpaired) electrons. The van der Waals surface area contributed by atoms with Crippen LogP contribution in [0.1, 0.15) is 19.7 Å². The summed E-state index contributed by atoms with van der Waals surface area (Å²) in [4.78, 5) is 6.52. The first-order valence-electron chi connectivity index (χ1n) is 6.17. The Kier molecular flexibility index (Phi) is 4.15. The lowest BCUT2D eigenvalue weighted by molar-refractivity contribution is -0.0118. The van der Waals surface area contributed by atoms with Crippen LogP contribution < -0.4 is 0 Å². The summed E-state index contributed by atoms with van der Waals surface area (Å²) in [5.74, 6) is 1.08. The third kappa shape index (κ3) is 3.52. The summed E-state index contributed by atoms with van der Waals surface area (Å²) in [7, 11) is 0. The highest BCUT2D eigenvalue weighted by atomic mass is 16.5. The van der Waals surface area contributed by atoms with Gasteiger partial charge in [-0.3, -0.25) is 4.90 Å². The summed E-state index contributed by atoms with van der Waals surface area (Å²) >= 11 is 0. The van der Waals surface area contributed by atoms with Gasteiger partial charge in [-0.1, -0.05) is 0 Å². The third-order valence-corrected chi connectivity index (χ3v) is 2.91. The number of rotatable bonds is 5. The summed E-state index contributed by atoms with van der Waals surface area (Å²) in [6.45, 7) is 7.73. The van der Waals surface area contributed by atoms with Crippen LogP contribution in [0.3, 0.4) is 0 Å². The van der Waals surface area contributed by atoms with Crippen LogP contribution in [0, 0.1) is 0 Å². The van der Waals surface area contributed by atoms with Crippen LogP contribution in [0.15, 0.2) is 12.4 Å². The second-order valence-corrected chi connectivity index (χ2v) is 4.81. The molecule has 0 spiro atoms. The lowest BCUT2D eigenvalue weighted by Crippen LogP contribution is -2.40. The predicted octanol–water partition coefficient (Wildman–Crippen LogP) is 0.485. The largest absolute Gasteiger partial charge is 0.389 e. The van der Waals surface area contributed by atoms with Crippen molar-refractivity contribution in [1.82, 2.24) is 14.5 Å². The average Bonchev–Trinajstić information content (AvgIpc) is 2.73. The minimum Gasteiger partial charge on any atom is -0.389 e. The topological polar surface area (TPSA) is 50.5 Å². The molecule has 0 bridgehead atoms. The normalized spacial score (nSPS) is 18.4. The fraction of sp³-hybridized carbons (Fsp3) is 0.750. The highest BCUT2D eigenvalue weighted by Crippen LogP contribution is 2.10. The summed E-state index contributed by atoms with van der Waals surface area (Å²) in [6.07, 6.45) is 3.59. The van der Waals surface area contributed by atoms with Crippen LogP contribution in [0.5, 0.6) is 0 Å². The van der Waals surface area contributed by atoms with Crippen molar-refractivity contribution in [3.63, 3.8) is 0 Å². The zero-order chi connectivity index (χ0) is 12.3. The fourth-order valence-corrected chi connectivity index (χ4v) is 2.03. The number of aromatic nitrogens is 2. The van der Waals surface area contributed by atoms with E-state index in [2.05, 4.69) is 14.5 Å². The molecular weight excluding hydrogens is 218 g/mol. The molecule has 2 rings (SSSR count). The minimum atomic E-state index is -0.418. The molecule has 0 saturated heterocycles. The summed E-state index contributed by atoms with van der Waals surface area (Å²) < 4.78 is 7.56.